The molecule has 6 atom stereocenters. The summed E-state index contributed by atoms with van der Waals surface area (Å²) in [4.78, 5) is 41.5. The van der Waals surface area contributed by atoms with Gasteiger partial charge in [0.15, 0.2) is 6.29 Å². The number of carbonyl (C=O) groups is 3. The van der Waals surface area contributed by atoms with Crippen molar-refractivity contribution < 1.29 is 38.8 Å². The zero-order valence-corrected chi connectivity index (χ0v) is 29.3. The van der Waals surface area contributed by atoms with Crippen molar-refractivity contribution in [3.05, 3.63) is 143 Å². The van der Waals surface area contributed by atoms with Gasteiger partial charge in [-0.15, -0.1) is 0 Å². The number of benzene rings is 4. The van der Waals surface area contributed by atoms with Gasteiger partial charge in [0.25, 0.3) is 5.91 Å². The van der Waals surface area contributed by atoms with Gasteiger partial charge in [0.05, 0.1) is 37.9 Å². The van der Waals surface area contributed by atoms with E-state index in [4.69, 9.17) is 14.2 Å². The Kier molecular flexibility index (Phi) is 12.1. The maximum Gasteiger partial charge on any atom is 0.408 e. The van der Waals surface area contributed by atoms with Crippen LogP contribution in [0.3, 0.4) is 0 Å². The summed E-state index contributed by atoms with van der Waals surface area (Å²) < 4.78 is 18.3. The van der Waals surface area contributed by atoms with Gasteiger partial charge in [-0.3, -0.25) is 19.4 Å². The highest BCUT2D eigenvalue weighted by atomic mass is 16.7. The minimum atomic E-state index is -0.992. The Bertz CT molecular complexity index is 1790. The molecule has 2 fully saturated rings. The van der Waals surface area contributed by atoms with E-state index in [9.17, 15) is 24.6 Å². The number of nitrogens with zero attached hydrogens (tertiary/aromatic N) is 2. The number of rotatable bonds is 13. The Hall–Kier alpha value is -4.91. The number of alkyl carbamates (subject to hydrolysis) is 1. The van der Waals surface area contributed by atoms with Gasteiger partial charge in [-0.1, -0.05) is 109 Å². The molecule has 0 saturated carbocycles. The van der Waals surface area contributed by atoms with Crippen LogP contribution in [0.4, 0.5) is 4.79 Å². The van der Waals surface area contributed by atoms with E-state index < -0.39 is 30.4 Å². The lowest BCUT2D eigenvalue weighted by atomic mass is 9.98. The number of imide groups is 1. The molecule has 0 aliphatic carbocycles. The SMILES string of the molecule is C[C@H]([C@@H](O)c1ccccc1)N(C)C[C@@H]1C[C@H](c2ccc(CO)cc2)O[C@H](c2ccc(CN3C(=O)CC(NC(=O)OCc4ccccc4)C3=O)cc2)O1. The number of hydrogen-bond acceptors (Lipinski definition) is 9. The van der Waals surface area contributed by atoms with Crippen LogP contribution in [0.15, 0.2) is 109 Å². The second kappa shape index (κ2) is 17.1. The predicted molar refractivity (Wildman–Crippen MR) is 192 cm³/mol. The van der Waals surface area contributed by atoms with Crippen LogP contribution in [-0.2, 0) is 43.6 Å². The van der Waals surface area contributed by atoms with Crippen LogP contribution in [0.2, 0.25) is 0 Å². The Labute approximate surface area is 303 Å². The average molecular weight is 708 g/mol. The molecule has 0 radical (unpaired) electrons. The van der Waals surface area contributed by atoms with Gasteiger partial charge < -0.3 is 29.7 Å². The number of aliphatic hydroxyl groups is 2. The molecule has 2 heterocycles. The highest BCUT2D eigenvalue weighted by Gasteiger charge is 2.40. The minimum absolute atomic E-state index is 0.0496. The third kappa shape index (κ3) is 9.11. The van der Waals surface area contributed by atoms with Gasteiger partial charge in [-0.2, -0.15) is 0 Å². The number of aliphatic hydroxyl groups excluding tert-OH is 2. The molecule has 4 aromatic carbocycles. The first-order valence-electron chi connectivity index (χ1n) is 17.5. The fourth-order valence-electron chi connectivity index (χ4n) is 6.52. The van der Waals surface area contributed by atoms with E-state index in [1.54, 1.807) is 0 Å². The lowest BCUT2D eigenvalue weighted by molar-refractivity contribution is -0.253. The number of carbonyl (C=O) groups excluding carboxylic acids is 3. The molecular formula is C41H45N3O8. The molecule has 0 spiro atoms. The molecule has 6 rings (SSSR count). The quantitative estimate of drug-likeness (QED) is 0.158. The summed E-state index contributed by atoms with van der Waals surface area (Å²) >= 11 is 0. The molecule has 11 heteroatoms. The number of hydrogen-bond donors (Lipinski definition) is 3. The standard InChI is InChI=1S/C41H45N3O8/c1-27(38(47)32-11-7-4-8-12-32)43(2)24-34-21-36(31-17-15-29(25-45)16-18-31)52-40(51-34)33-19-13-28(14-20-33)23-44-37(46)22-35(39(44)48)42-41(49)50-26-30-9-5-3-6-10-30/h3-20,27,34-36,38,40,45,47H,21-26H2,1-2H3,(H,42,49)/t27-,34+,35?,36-,38-,40-/m1/s1. The maximum absolute atomic E-state index is 13.1. The van der Waals surface area contributed by atoms with Crippen LogP contribution in [0, 0.1) is 0 Å². The van der Waals surface area contributed by atoms with Crippen molar-refractivity contribution in [1.82, 2.24) is 15.1 Å². The van der Waals surface area contributed by atoms with Crippen molar-refractivity contribution in [1.29, 1.82) is 0 Å². The minimum Gasteiger partial charge on any atom is -0.445 e. The lowest BCUT2D eigenvalue weighted by Crippen LogP contribution is -2.43. The second-order valence-corrected chi connectivity index (χ2v) is 13.4. The van der Waals surface area contributed by atoms with E-state index in [1.165, 1.54) is 0 Å². The number of likely N-dealkylation sites (tertiary alicyclic amines) is 1. The van der Waals surface area contributed by atoms with Gasteiger partial charge in [0, 0.05) is 24.6 Å². The predicted octanol–water partition coefficient (Wildman–Crippen LogP) is 5.33. The van der Waals surface area contributed by atoms with Gasteiger partial charge in [0.2, 0.25) is 5.91 Å². The first-order valence-corrected chi connectivity index (χ1v) is 17.5. The van der Waals surface area contributed by atoms with E-state index in [-0.39, 0.29) is 50.3 Å². The Morgan fingerprint density at radius 3 is 2.19 bits per heavy atom. The third-order valence-corrected chi connectivity index (χ3v) is 9.74. The zero-order chi connectivity index (χ0) is 36.6. The number of ether oxygens (including phenoxy) is 3. The van der Waals surface area contributed by atoms with Gasteiger partial charge in [-0.05, 0) is 41.8 Å². The molecule has 3 N–H and O–H groups in total. The van der Waals surface area contributed by atoms with Crippen LogP contribution >= 0.6 is 0 Å². The monoisotopic (exact) mass is 707 g/mol. The summed E-state index contributed by atoms with van der Waals surface area (Å²) in [5.74, 6) is -0.867. The topological polar surface area (TPSA) is 138 Å². The zero-order valence-electron chi connectivity index (χ0n) is 29.3. The van der Waals surface area contributed by atoms with Gasteiger partial charge in [-0.25, -0.2) is 4.79 Å². The van der Waals surface area contributed by atoms with Crippen molar-refractivity contribution in [2.24, 2.45) is 0 Å². The molecule has 52 heavy (non-hydrogen) atoms. The first-order chi connectivity index (χ1) is 25.2. The van der Waals surface area contributed by atoms with Gasteiger partial charge in [0.1, 0.15) is 12.6 Å². The molecular weight excluding hydrogens is 662 g/mol. The highest BCUT2D eigenvalue weighted by molar-refractivity contribution is 6.06. The first kappa shape index (κ1) is 36.9. The fraction of sp³-hybridized carbons (Fsp3) is 0.341. The molecule has 3 amide bonds. The molecule has 0 aromatic heterocycles. The number of likely N-dealkylation sites (N-methyl/N-ethyl adjacent to an activating group) is 1. The van der Waals surface area contributed by atoms with E-state index in [0.29, 0.717) is 13.0 Å². The molecule has 4 aromatic rings. The molecule has 272 valence electrons. The van der Waals surface area contributed by atoms with Crippen LogP contribution in [0.1, 0.15) is 71.6 Å². The normalized spacial score (nSPS) is 21.6. The summed E-state index contributed by atoms with van der Waals surface area (Å²) in [6.07, 6.45) is -2.22. The third-order valence-electron chi connectivity index (χ3n) is 9.74. The molecule has 2 aliphatic rings. The van der Waals surface area contributed by atoms with E-state index in [1.807, 2.05) is 123 Å². The highest BCUT2D eigenvalue weighted by Crippen LogP contribution is 2.38. The lowest BCUT2D eigenvalue weighted by Gasteiger charge is -2.39. The summed E-state index contributed by atoms with van der Waals surface area (Å²) in [7, 11) is 1.97. The van der Waals surface area contributed by atoms with E-state index in [0.717, 1.165) is 38.3 Å². The summed E-state index contributed by atoms with van der Waals surface area (Å²) in [6.45, 7) is 2.59. The van der Waals surface area contributed by atoms with Crippen LogP contribution in [0.5, 0.6) is 0 Å². The fourth-order valence-corrected chi connectivity index (χ4v) is 6.52. The molecule has 0 bridgehead atoms. The average Bonchev–Trinajstić information content (AvgIpc) is 3.44. The smallest absolute Gasteiger partial charge is 0.408 e. The molecule has 11 nitrogen and oxygen atoms in total. The Balaban J connectivity index is 1.10. The van der Waals surface area contributed by atoms with E-state index >= 15 is 0 Å². The summed E-state index contributed by atoms with van der Waals surface area (Å²) in [6, 6.07) is 32.7. The molecule has 1 unspecified atom stereocenters. The number of nitrogens with one attached hydrogen (secondary N) is 1. The van der Waals surface area contributed by atoms with Crippen LogP contribution in [-0.4, -0.2) is 69.7 Å². The summed E-state index contributed by atoms with van der Waals surface area (Å²) in [5, 5.41) is 23.2. The Morgan fingerprint density at radius 2 is 1.52 bits per heavy atom. The van der Waals surface area contributed by atoms with Crippen molar-refractivity contribution in [3.8, 4) is 0 Å². The molecule has 2 saturated heterocycles. The summed E-state index contributed by atoms with van der Waals surface area (Å²) in [5.41, 5.74) is 4.92. The van der Waals surface area contributed by atoms with Crippen molar-refractivity contribution in [2.45, 2.75) is 76.2 Å². The van der Waals surface area contributed by atoms with Crippen molar-refractivity contribution >= 4 is 17.9 Å². The van der Waals surface area contributed by atoms with Crippen LogP contribution < -0.4 is 5.32 Å². The largest absolute Gasteiger partial charge is 0.445 e. The number of amides is 3. The second-order valence-electron chi connectivity index (χ2n) is 13.4. The van der Waals surface area contributed by atoms with Gasteiger partial charge >= 0.3 is 6.09 Å². The maximum atomic E-state index is 13.1. The van der Waals surface area contributed by atoms with Crippen molar-refractivity contribution in [3.63, 3.8) is 0 Å². The van der Waals surface area contributed by atoms with E-state index in [2.05, 4.69) is 10.2 Å². The van der Waals surface area contributed by atoms with Crippen molar-refractivity contribution in [2.75, 3.05) is 13.6 Å². The molecule has 2 aliphatic heterocycles. The van der Waals surface area contributed by atoms with Crippen LogP contribution in [0.25, 0.3) is 0 Å². The Morgan fingerprint density at radius 1 is 0.885 bits per heavy atom.